The fourth-order valence-electron chi connectivity index (χ4n) is 9.66. The molecule has 13 rings (SSSR count). The van der Waals surface area contributed by atoms with Crippen LogP contribution in [-0.4, -0.2) is 19.1 Å². The van der Waals surface area contributed by atoms with Gasteiger partial charge in [0.15, 0.2) is 0 Å². The van der Waals surface area contributed by atoms with E-state index in [1.54, 1.807) is 0 Å². The number of rotatable bonds is 3. The highest BCUT2D eigenvalue weighted by atomic mass is 16.3. The van der Waals surface area contributed by atoms with E-state index in [1.165, 1.54) is 16.3 Å². The van der Waals surface area contributed by atoms with Gasteiger partial charge in [-0.1, -0.05) is 146 Å². The molecule has 0 fully saturated rings. The molecule has 13 aromatic rings. The summed E-state index contributed by atoms with van der Waals surface area (Å²) in [5.74, 6) is 0.615. The topological polar surface area (TPSA) is 48.8 Å². The molecule has 61 heavy (non-hydrogen) atoms. The van der Waals surface area contributed by atoms with Crippen LogP contribution in [0.1, 0.15) is 0 Å². The van der Waals surface area contributed by atoms with Crippen LogP contribution < -0.4 is 0 Å². The number of nitrogens with zero attached hydrogens (tertiary/aromatic N) is 4. The number of benzene rings is 9. The van der Waals surface area contributed by atoms with Crippen molar-refractivity contribution in [2.75, 3.05) is 0 Å². The maximum Gasteiger partial charge on any atom is 0.235 e. The second kappa shape index (κ2) is 13.1. The first kappa shape index (κ1) is 33.7. The average molecular weight is 779 g/mol. The number of hydrogen-bond donors (Lipinski definition) is 0. The Labute approximate surface area is 349 Å². The Hall–Kier alpha value is -8.28. The van der Waals surface area contributed by atoms with Crippen molar-refractivity contribution < 1.29 is 4.42 Å². The zero-order chi connectivity index (χ0) is 40.0. The van der Waals surface area contributed by atoms with Crippen LogP contribution >= 0.6 is 0 Å². The molecule has 0 radical (unpaired) electrons. The zero-order valence-electron chi connectivity index (χ0n) is 32.8. The van der Waals surface area contributed by atoms with E-state index in [0.29, 0.717) is 5.95 Å². The molecule has 0 aliphatic rings. The molecule has 0 aliphatic carbocycles. The largest absolute Gasteiger partial charge is 0.456 e. The van der Waals surface area contributed by atoms with Gasteiger partial charge in [-0.05, 0) is 82.2 Å². The maximum atomic E-state index is 6.83. The van der Waals surface area contributed by atoms with Crippen LogP contribution in [-0.2, 0) is 0 Å². The molecule has 0 spiro atoms. The molecule has 9 aromatic carbocycles. The Kier molecular flexibility index (Phi) is 7.24. The Morgan fingerprint density at radius 3 is 1.56 bits per heavy atom. The van der Waals surface area contributed by atoms with Crippen LogP contribution in [0.25, 0.3) is 121 Å². The van der Waals surface area contributed by atoms with Gasteiger partial charge < -0.3 is 8.98 Å². The van der Waals surface area contributed by atoms with Crippen LogP contribution in [0.4, 0.5) is 0 Å². The van der Waals surface area contributed by atoms with Crippen LogP contribution in [0.3, 0.4) is 0 Å². The Bertz CT molecular complexity index is 4000. The molecule has 5 heteroatoms. The first-order valence-electron chi connectivity index (χ1n) is 20.7. The van der Waals surface area contributed by atoms with Crippen molar-refractivity contribution in [3.8, 4) is 22.9 Å². The van der Waals surface area contributed by atoms with Gasteiger partial charge in [-0.2, -0.15) is 0 Å². The van der Waals surface area contributed by atoms with E-state index in [9.17, 15) is 0 Å². The highest BCUT2D eigenvalue weighted by Crippen LogP contribution is 2.41. The van der Waals surface area contributed by atoms with Crippen molar-refractivity contribution in [2.45, 2.75) is 0 Å². The molecule has 0 unspecified atom stereocenters. The highest BCUT2D eigenvalue weighted by Gasteiger charge is 2.20. The predicted octanol–water partition coefficient (Wildman–Crippen LogP) is 14.8. The van der Waals surface area contributed by atoms with Gasteiger partial charge in [-0.3, -0.25) is 4.57 Å². The van der Waals surface area contributed by atoms with Crippen molar-refractivity contribution in [3.63, 3.8) is 0 Å². The number of aromatic nitrogens is 4. The third-order valence-corrected chi connectivity index (χ3v) is 12.4. The minimum absolute atomic E-state index is 0.615. The maximum absolute atomic E-state index is 6.83. The summed E-state index contributed by atoms with van der Waals surface area (Å²) < 4.78 is 11.4. The molecule has 4 aromatic heterocycles. The Morgan fingerprint density at radius 1 is 0.311 bits per heavy atom. The number of fused-ring (bicyclic) bond motifs is 14. The Balaban J connectivity index is 1.15. The average Bonchev–Trinajstić information content (AvgIpc) is 3.84. The van der Waals surface area contributed by atoms with Crippen molar-refractivity contribution in [1.29, 1.82) is 0 Å². The van der Waals surface area contributed by atoms with Gasteiger partial charge in [0.1, 0.15) is 11.2 Å². The third-order valence-electron chi connectivity index (χ3n) is 12.4. The number of para-hydroxylation sites is 6. The van der Waals surface area contributed by atoms with Crippen LogP contribution in [0.5, 0.6) is 0 Å². The van der Waals surface area contributed by atoms with E-state index in [-0.39, 0.29) is 0 Å². The minimum Gasteiger partial charge on any atom is -0.456 e. The van der Waals surface area contributed by atoms with E-state index in [0.717, 1.165) is 98.7 Å². The normalized spacial score (nSPS) is 11.9. The lowest BCUT2D eigenvalue weighted by atomic mass is 9.99. The van der Waals surface area contributed by atoms with E-state index >= 15 is 0 Å². The van der Waals surface area contributed by atoms with Crippen LogP contribution in [0.15, 0.2) is 211 Å². The summed E-state index contributed by atoms with van der Waals surface area (Å²) in [6, 6.07) is 73.1. The van der Waals surface area contributed by atoms with Gasteiger partial charge >= 0.3 is 0 Å². The molecule has 0 amide bonds. The van der Waals surface area contributed by atoms with E-state index < -0.39 is 0 Å². The predicted molar refractivity (Wildman–Crippen MR) is 254 cm³/mol. The molecule has 4 heterocycles. The summed E-state index contributed by atoms with van der Waals surface area (Å²) in [5.41, 5.74) is 9.89. The lowest BCUT2D eigenvalue weighted by molar-refractivity contribution is 0.663. The number of hydrogen-bond acceptors (Lipinski definition) is 3. The fourth-order valence-corrected chi connectivity index (χ4v) is 9.66. The fraction of sp³-hybridized carbons (Fsp3) is 0. The molecule has 0 saturated carbocycles. The second-order valence-electron chi connectivity index (χ2n) is 15.7. The summed E-state index contributed by atoms with van der Waals surface area (Å²) >= 11 is 0. The first-order chi connectivity index (χ1) is 30.3. The standard InChI is InChI=1S/C56H34N4O/c1-2-16-36(17-3-1)59-49-26-12-7-20-39(49)41-31-30-35(32-51(41)59)55-44-24-6-11-25-48(44)57-56(58-55)60-50-27-13-8-21-40(50)47-33-45-38-19-5-4-18-37(38)42-22-9-14-28-53(42)61-54-29-15-10-23-43(54)46(45)34-52(47)60/h1-34H. The lowest BCUT2D eigenvalue weighted by Crippen LogP contribution is -2.03. The van der Waals surface area contributed by atoms with Gasteiger partial charge in [0.25, 0.3) is 0 Å². The molecule has 0 atom stereocenters. The monoisotopic (exact) mass is 778 g/mol. The van der Waals surface area contributed by atoms with Crippen molar-refractivity contribution in [1.82, 2.24) is 19.1 Å². The molecule has 0 N–H and O–H groups in total. The lowest BCUT2D eigenvalue weighted by Gasteiger charge is -2.13. The van der Waals surface area contributed by atoms with E-state index in [2.05, 4.69) is 203 Å². The van der Waals surface area contributed by atoms with Gasteiger partial charge in [0.05, 0.1) is 33.3 Å². The molecule has 0 aliphatic heterocycles. The summed E-state index contributed by atoms with van der Waals surface area (Å²) in [6.07, 6.45) is 0. The van der Waals surface area contributed by atoms with Crippen LogP contribution in [0, 0.1) is 0 Å². The second-order valence-corrected chi connectivity index (χ2v) is 15.7. The van der Waals surface area contributed by atoms with Gasteiger partial charge in [-0.25, -0.2) is 9.97 Å². The minimum atomic E-state index is 0.615. The van der Waals surface area contributed by atoms with E-state index in [4.69, 9.17) is 14.4 Å². The van der Waals surface area contributed by atoms with Crippen LogP contribution in [0.2, 0.25) is 0 Å². The first-order valence-corrected chi connectivity index (χ1v) is 20.7. The van der Waals surface area contributed by atoms with Crippen molar-refractivity contribution >= 4 is 98.0 Å². The highest BCUT2D eigenvalue weighted by molar-refractivity contribution is 6.24. The summed E-state index contributed by atoms with van der Waals surface area (Å²) in [6.45, 7) is 0. The van der Waals surface area contributed by atoms with Gasteiger partial charge in [-0.15, -0.1) is 0 Å². The molecule has 0 bridgehead atoms. The molecule has 5 nitrogen and oxygen atoms in total. The van der Waals surface area contributed by atoms with Gasteiger partial charge in [0.2, 0.25) is 5.95 Å². The van der Waals surface area contributed by atoms with Gasteiger partial charge in [0, 0.05) is 49.0 Å². The van der Waals surface area contributed by atoms with E-state index in [1.807, 2.05) is 12.1 Å². The molecule has 284 valence electrons. The molecular weight excluding hydrogens is 745 g/mol. The zero-order valence-corrected chi connectivity index (χ0v) is 32.8. The summed E-state index contributed by atoms with van der Waals surface area (Å²) in [4.78, 5) is 10.9. The SMILES string of the molecule is c1ccc(-n2c3ccccc3c3ccc(-c4nc(-n5c6ccccc6c6cc7c(cc65)c5ccccc5oc5ccccc5c5ccccc57)nc5ccccc45)cc32)cc1. The quantitative estimate of drug-likeness (QED) is 0.179. The third kappa shape index (κ3) is 5.08. The molecular formula is C56H34N4O. The van der Waals surface area contributed by atoms with Crippen molar-refractivity contribution in [3.05, 3.63) is 206 Å². The summed E-state index contributed by atoms with van der Waals surface area (Å²) in [5, 5.41) is 12.2. The van der Waals surface area contributed by atoms with Crippen molar-refractivity contribution in [2.24, 2.45) is 0 Å². The smallest absolute Gasteiger partial charge is 0.235 e. The Morgan fingerprint density at radius 2 is 0.820 bits per heavy atom. The summed E-state index contributed by atoms with van der Waals surface area (Å²) in [7, 11) is 0. The molecule has 0 saturated heterocycles.